The molecular formula is C21H18F3N3O2. The molecule has 29 heavy (non-hydrogen) atoms. The summed E-state index contributed by atoms with van der Waals surface area (Å²) in [6, 6.07) is 15.3. The lowest BCUT2D eigenvalue weighted by atomic mass is 10.1. The third kappa shape index (κ3) is 4.65. The Morgan fingerprint density at radius 2 is 1.90 bits per heavy atom. The number of aromatic nitrogens is 2. The number of nitrogens with zero attached hydrogens (tertiary/aromatic N) is 2. The first-order valence-corrected chi connectivity index (χ1v) is 9.12. The number of hydrogen-bond donors (Lipinski definition) is 1. The van der Waals surface area contributed by atoms with Gasteiger partial charge in [-0.05, 0) is 17.7 Å². The summed E-state index contributed by atoms with van der Waals surface area (Å²) >= 11 is 0. The highest BCUT2D eigenvalue weighted by molar-refractivity contribution is 5.54. The van der Waals surface area contributed by atoms with E-state index >= 15 is 0 Å². The molecule has 0 saturated heterocycles. The maximum Gasteiger partial charge on any atom is 0.573 e. The molecule has 0 radical (unpaired) electrons. The first-order valence-electron chi connectivity index (χ1n) is 9.12. The van der Waals surface area contributed by atoms with Crippen molar-refractivity contribution < 1.29 is 17.9 Å². The average Bonchev–Trinajstić information content (AvgIpc) is 2.68. The molecule has 0 atom stereocenters. The number of halogens is 3. The lowest BCUT2D eigenvalue weighted by Gasteiger charge is -2.27. The molecule has 0 spiro atoms. The van der Waals surface area contributed by atoms with E-state index in [9.17, 15) is 18.0 Å². The Hall–Kier alpha value is -3.13. The molecule has 2 aromatic carbocycles. The van der Waals surface area contributed by atoms with Gasteiger partial charge in [-0.2, -0.15) is 0 Å². The summed E-state index contributed by atoms with van der Waals surface area (Å²) in [6.45, 7) is 1.45. The lowest BCUT2D eigenvalue weighted by Crippen LogP contribution is -2.35. The molecule has 0 saturated carbocycles. The SMILES string of the molecule is O=c1[nH]c(-c2ccccc2)nc2c1CN(Cc1cccc(OC(F)(F)F)c1)CC2. The van der Waals surface area contributed by atoms with Crippen molar-refractivity contribution in [2.75, 3.05) is 6.54 Å². The van der Waals surface area contributed by atoms with Crippen LogP contribution in [0, 0.1) is 0 Å². The zero-order chi connectivity index (χ0) is 20.4. The first-order chi connectivity index (χ1) is 13.9. The zero-order valence-electron chi connectivity index (χ0n) is 15.4. The predicted octanol–water partition coefficient (Wildman–Crippen LogP) is 3.89. The van der Waals surface area contributed by atoms with Crippen LogP contribution in [0.1, 0.15) is 16.8 Å². The van der Waals surface area contributed by atoms with Crippen LogP contribution in [0.15, 0.2) is 59.4 Å². The molecule has 1 aliphatic heterocycles. The Kier molecular flexibility index (Phi) is 5.10. The van der Waals surface area contributed by atoms with Gasteiger partial charge in [0.05, 0.1) is 11.3 Å². The molecule has 0 aliphatic carbocycles. The number of benzene rings is 2. The molecule has 0 unspecified atom stereocenters. The van der Waals surface area contributed by atoms with Gasteiger partial charge in [0.1, 0.15) is 11.6 Å². The molecule has 1 N–H and O–H groups in total. The van der Waals surface area contributed by atoms with Crippen molar-refractivity contribution in [2.24, 2.45) is 0 Å². The fraction of sp³-hybridized carbons (Fsp3) is 0.238. The van der Waals surface area contributed by atoms with Crippen molar-refractivity contribution >= 4 is 0 Å². The molecule has 5 nitrogen and oxygen atoms in total. The van der Waals surface area contributed by atoms with E-state index in [0.717, 1.165) is 11.3 Å². The van der Waals surface area contributed by atoms with Crippen LogP contribution in [0.25, 0.3) is 11.4 Å². The number of aromatic amines is 1. The highest BCUT2D eigenvalue weighted by atomic mass is 19.4. The highest BCUT2D eigenvalue weighted by Crippen LogP contribution is 2.25. The number of ether oxygens (including phenoxy) is 1. The second kappa shape index (κ2) is 7.71. The fourth-order valence-electron chi connectivity index (χ4n) is 3.45. The summed E-state index contributed by atoms with van der Waals surface area (Å²) in [4.78, 5) is 22.1. The lowest BCUT2D eigenvalue weighted by molar-refractivity contribution is -0.274. The first kappa shape index (κ1) is 19.2. The van der Waals surface area contributed by atoms with Crippen LogP contribution in [0.4, 0.5) is 13.2 Å². The number of rotatable bonds is 4. The molecule has 150 valence electrons. The van der Waals surface area contributed by atoms with Gasteiger partial charge in [-0.15, -0.1) is 13.2 Å². The molecule has 1 aromatic heterocycles. The number of fused-ring (bicyclic) bond motifs is 1. The minimum absolute atomic E-state index is 0.187. The molecule has 0 bridgehead atoms. The fourth-order valence-corrected chi connectivity index (χ4v) is 3.45. The smallest absolute Gasteiger partial charge is 0.406 e. The van der Waals surface area contributed by atoms with E-state index in [1.54, 1.807) is 6.07 Å². The van der Waals surface area contributed by atoms with Gasteiger partial charge in [0.25, 0.3) is 5.56 Å². The third-order valence-electron chi connectivity index (χ3n) is 4.73. The van der Waals surface area contributed by atoms with Gasteiger partial charge in [0, 0.05) is 31.6 Å². The normalized spacial score (nSPS) is 14.4. The van der Waals surface area contributed by atoms with Crippen LogP contribution >= 0.6 is 0 Å². The topological polar surface area (TPSA) is 58.2 Å². The van der Waals surface area contributed by atoms with Gasteiger partial charge < -0.3 is 9.72 Å². The molecule has 2 heterocycles. The average molecular weight is 401 g/mol. The van der Waals surface area contributed by atoms with E-state index < -0.39 is 6.36 Å². The van der Waals surface area contributed by atoms with Gasteiger partial charge in [-0.1, -0.05) is 42.5 Å². The monoisotopic (exact) mass is 401 g/mol. The summed E-state index contributed by atoms with van der Waals surface area (Å²) in [5, 5.41) is 0. The van der Waals surface area contributed by atoms with E-state index in [1.807, 2.05) is 35.2 Å². The number of nitrogens with one attached hydrogen (secondary N) is 1. The molecule has 1 aliphatic rings. The summed E-state index contributed by atoms with van der Waals surface area (Å²) in [6.07, 6.45) is -4.13. The second-order valence-corrected chi connectivity index (χ2v) is 6.86. The van der Waals surface area contributed by atoms with Crippen LogP contribution in [-0.4, -0.2) is 27.8 Å². The number of H-pyrrole nitrogens is 1. The van der Waals surface area contributed by atoms with Crippen LogP contribution in [0.5, 0.6) is 5.75 Å². The molecule has 3 aromatic rings. The van der Waals surface area contributed by atoms with E-state index in [-0.39, 0.29) is 11.3 Å². The summed E-state index contributed by atoms with van der Waals surface area (Å²) in [5.74, 6) is 0.291. The molecule has 4 rings (SSSR count). The molecule has 0 amide bonds. The van der Waals surface area contributed by atoms with Crippen molar-refractivity contribution in [1.82, 2.24) is 14.9 Å². The van der Waals surface area contributed by atoms with Crippen molar-refractivity contribution in [3.63, 3.8) is 0 Å². The standard InChI is InChI=1S/C21H18F3N3O2/c22-21(23,24)29-16-8-4-5-14(11-16)12-27-10-9-18-17(13-27)20(28)26-19(25-18)15-6-2-1-3-7-15/h1-8,11H,9-10,12-13H2,(H,25,26,28). The van der Waals surface area contributed by atoms with E-state index in [1.165, 1.54) is 18.2 Å². The van der Waals surface area contributed by atoms with Crippen LogP contribution in [-0.2, 0) is 19.5 Å². The predicted molar refractivity (Wildman–Crippen MR) is 101 cm³/mol. The Morgan fingerprint density at radius 3 is 2.66 bits per heavy atom. The van der Waals surface area contributed by atoms with Crippen LogP contribution in [0.3, 0.4) is 0 Å². The quantitative estimate of drug-likeness (QED) is 0.721. The Bertz CT molecular complexity index is 1060. The molecular weight excluding hydrogens is 383 g/mol. The second-order valence-electron chi connectivity index (χ2n) is 6.86. The number of hydrogen-bond acceptors (Lipinski definition) is 4. The maximum atomic E-state index is 12.6. The van der Waals surface area contributed by atoms with Gasteiger partial charge >= 0.3 is 6.36 Å². The van der Waals surface area contributed by atoms with Crippen molar-refractivity contribution in [3.05, 3.63) is 81.8 Å². The summed E-state index contributed by atoms with van der Waals surface area (Å²) in [5.41, 5.74) is 2.70. The Morgan fingerprint density at radius 1 is 1.10 bits per heavy atom. The van der Waals surface area contributed by atoms with Gasteiger partial charge in [-0.25, -0.2) is 4.98 Å². The molecule has 8 heteroatoms. The van der Waals surface area contributed by atoms with Gasteiger partial charge in [-0.3, -0.25) is 9.69 Å². The van der Waals surface area contributed by atoms with E-state index in [0.29, 0.717) is 43.0 Å². The van der Waals surface area contributed by atoms with Crippen molar-refractivity contribution in [1.29, 1.82) is 0 Å². The minimum atomic E-state index is -4.72. The van der Waals surface area contributed by atoms with Crippen molar-refractivity contribution in [2.45, 2.75) is 25.9 Å². The maximum absolute atomic E-state index is 12.6. The number of alkyl halides is 3. The van der Waals surface area contributed by atoms with E-state index in [2.05, 4.69) is 14.7 Å². The molecule has 0 fully saturated rings. The van der Waals surface area contributed by atoms with Crippen LogP contribution in [0.2, 0.25) is 0 Å². The minimum Gasteiger partial charge on any atom is -0.406 e. The van der Waals surface area contributed by atoms with Crippen LogP contribution < -0.4 is 10.3 Å². The Balaban J connectivity index is 1.51. The van der Waals surface area contributed by atoms with Gasteiger partial charge in [0.2, 0.25) is 0 Å². The summed E-state index contributed by atoms with van der Waals surface area (Å²) in [7, 11) is 0. The largest absolute Gasteiger partial charge is 0.573 e. The zero-order valence-corrected chi connectivity index (χ0v) is 15.4. The van der Waals surface area contributed by atoms with E-state index in [4.69, 9.17) is 0 Å². The third-order valence-corrected chi connectivity index (χ3v) is 4.73. The summed E-state index contributed by atoms with van der Waals surface area (Å²) < 4.78 is 41.2. The van der Waals surface area contributed by atoms with Gasteiger partial charge in [0.15, 0.2) is 0 Å². The Labute approximate surface area is 164 Å². The highest BCUT2D eigenvalue weighted by Gasteiger charge is 2.31. The van der Waals surface area contributed by atoms with Crippen molar-refractivity contribution in [3.8, 4) is 17.1 Å².